The molecular weight excluding hydrogens is 156 g/mol. The molecule has 2 unspecified atom stereocenters. The summed E-state index contributed by atoms with van der Waals surface area (Å²) < 4.78 is 0. The van der Waals surface area contributed by atoms with Crippen molar-refractivity contribution in [3.63, 3.8) is 0 Å². The van der Waals surface area contributed by atoms with Gasteiger partial charge in [-0.15, -0.1) is 0 Å². The van der Waals surface area contributed by atoms with Crippen LogP contribution in [0.25, 0.3) is 0 Å². The molecule has 0 saturated heterocycles. The predicted octanol–water partition coefficient (Wildman–Crippen LogP) is 0.527. The highest BCUT2D eigenvalue weighted by Crippen LogP contribution is 2.16. The average Bonchev–Trinajstić information content (AvgIpc) is 1.97. The summed E-state index contributed by atoms with van der Waals surface area (Å²) in [6, 6.07) is 0. The topological polar surface area (TPSA) is 60.7 Å². The maximum atomic E-state index is 9.40. The first-order valence-corrected chi connectivity index (χ1v) is 4.39. The Bertz CT molecular complexity index is 117. The van der Waals surface area contributed by atoms with Gasteiger partial charge in [0.25, 0.3) is 0 Å². The summed E-state index contributed by atoms with van der Waals surface area (Å²) >= 11 is 0. The van der Waals surface area contributed by atoms with Gasteiger partial charge in [-0.05, 0) is 32.6 Å². The van der Waals surface area contributed by atoms with Gasteiger partial charge in [0.05, 0.1) is 11.7 Å². The van der Waals surface area contributed by atoms with Crippen molar-refractivity contribution in [3.8, 4) is 0 Å². The minimum absolute atomic E-state index is 0.137. The molecule has 0 aliphatic carbocycles. The quantitative estimate of drug-likeness (QED) is 0.572. The molecule has 0 aliphatic rings. The van der Waals surface area contributed by atoms with E-state index in [-0.39, 0.29) is 12.5 Å². The SMILES string of the molecule is CC(CO)CCC(O)C(C)(C)O. The van der Waals surface area contributed by atoms with Gasteiger partial charge in [0.15, 0.2) is 0 Å². The fraction of sp³-hybridized carbons (Fsp3) is 1.00. The van der Waals surface area contributed by atoms with Crippen LogP contribution in [0.5, 0.6) is 0 Å². The Morgan fingerprint density at radius 2 is 1.75 bits per heavy atom. The molecule has 0 rings (SSSR count). The number of hydrogen-bond donors (Lipinski definition) is 3. The van der Waals surface area contributed by atoms with Crippen LogP contribution in [0.3, 0.4) is 0 Å². The highest BCUT2D eigenvalue weighted by Gasteiger charge is 2.24. The maximum Gasteiger partial charge on any atom is 0.0849 e. The van der Waals surface area contributed by atoms with E-state index in [0.717, 1.165) is 6.42 Å². The molecule has 0 aromatic heterocycles. The van der Waals surface area contributed by atoms with Gasteiger partial charge in [-0.3, -0.25) is 0 Å². The average molecular weight is 176 g/mol. The molecule has 3 heteroatoms. The fourth-order valence-electron chi connectivity index (χ4n) is 0.887. The van der Waals surface area contributed by atoms with Gasteiger partial charge >= 0.3 is 0 Å². The normalized spacial score (nSPS) is 17.5. The molecular formula is C9H20O3. The van der Waals surface area contributed by atoms with Crippen molar-refractivity contribution in [2.24, 2.45) is 5.92 Å². The van der Waals surface area contributed by atoms with Crippen LogP contribution >= 0.6 is 0 Å². The van der Waals surface area contributed by atoms with Crippen molar-refractivity contribution in [2.45, 2.75) is 45.3 Å². The summed E-state index contributed by atoms with van der Waals surface area (Å²) in [5, 5.41) is 27.5. The van der Waals surface area contributed by atoms with Gasteiger partial charge in [-0.1, -0.05) is 6.92 Å². The summed E-state index contributed by atoms with van der Waals surface area (Å²) in [5.74, 6) is 0.196. The Balaban J connectivity index is 3.64. The molecule has 0 aliphatic heterocycles. The van der Waals surface area contributed by atoms with E-state index in [1.165, 1.54) is 0 Å². The molecule has 74 valence electrons. The molecule has 0 radical (unpaired) electrons. The van der Waals surface area contributed by atoms with Crippen LogP contribution in [0.15, 0.2) is 0 Å². The third-order valence-electron chi connectivity index (χ3n) is 2.06. The second kappa shape index (κ2) is 4.80. The Hall–Kier alpha value is -0.120. The second-order valence-corrected chi connectivity index (χ2v) is 4.03. The second-order valence-electron chi connectivity index (χ2n) is 4.03. The van der Waals surface area contributed by atoms with E-state index in [4.69, 9.17) is 5.11 Å². The van der Waals surface area contributed by atoms with E-state index in [1.807, 2.05) is 6.92 Å². The first-order valence-electron chi connectivity index (χ1n) is 4.39. The third-order valence-corrected chi connectivity index (χ3v) is 2.06. The molecule has 0 aromatic carbocycles. The largest absolute Gasteiger partial charge is 0.396 e. The Labute approximate surface area is 74.0 Å². The molecule has 0 bridgehead atoms. The fourth-order valence-corrected chi connectivity index (χ4v) is 0.887. The number of aliphatic hydroxyl groups is 3. The Morgan fingerprint density at radius 1 is 1.25 bits per heavy atom. The molecule has 0 aromatic rings. The van der Waals surface area contributed by atoms with Crippen molar-refractivity contribution in [1.82, 2.24) is 0 Å². The van der Waals surface area contributed by atoms with Crippen LogP contribution in [-0.2, 0) is 0 Å². The zero-order valence-corrected chi connectivity index (χ0v) is 8.12. The van der Waals surface area contributed by atoms with Gasteiger partial charge < -0.3 is 15.3 Å². The van der Waals surface area contributed by atoms with E-state index >= 15 is 0 Å². The molecule has 2 atom stereocenters. The first-order chi connectivity index (χ1) is 5.38. The smallest absolute Gasteiger partial charge is 0.0849 e. The van der Waals surface area contributed by atoms with Crippen molar-refractivity contribution < 1.29 is 15.3 Å². The molecule has 0 amide bonds. The molecule has 0 fully saturated rings. The molecule has 3 N–H and O–H groups in total. The van der Waals surface area contributed by atoms with Crippen molar-refractivity contribution in [3.05, 3.63) is 0 Å². The molecule has 0 saturated carbocycles. The van der Waals surface area contributed by atoms with E-state index in [9.17, 15) is 10.2 Å². The zero-order chi connectivity index (χ0) is 9.78. The van der Waals surface area contributed by atoms with Crippen LogP contribution in [0.4, 0.5) is 0 Å². The number of aliphatic hydroxyl groups excluding tert-OH is 2. The van der Waals surface area contributed by atoms with Gasteiger partial charge in [0, 0.05) is 6.61 Å². The summed E-state index contributed by atoms with van der Waals surface area (Å²) in [6.45, 7) is 5.22. The molecule has 0 spiro atoms. The zero-order valence-electron chi connectivity index (χ0n) is 8.12. The van der Waals surface area contributed by atoms with Crippen LogP contribution in [0.2, 0.25) is 0 Å². The van der Waals surface area contributed by atoms with Crippen molar-refractivity contribution in [2.75, 3.05) is 6.61 Å². The van der Waals surface area contributed by atoms with E-state index in [0.29, 0.717) is 6.42 Å². The minimum Gasteiger partial charge on any atom is -0.396 e. The third kappa shape index (κ3) is 4.70. The highest BCUT2D eigenvalue weighted by atomic mass is 16.3. The van der Waals surface area contributed by atoms with Crippen LogP contribution < -0.4 is 0 Å². The van der Waals surface area contributed by atoms with Gasteiger partial charge in [0.2, 0.25) is 0 Å². The summed E-state index contributed by atoms with van der Waals surface area (Å²) in [4.78, 5) is 0. The minimum atomic E-state index is -1.03. The van der Waals surface area contributed by atoms with Gasteiger partial charge in [-0.2, -0.15) is 0 Å². The monoisotopic (exact) mass is 176 g/mol. The van der Waals surface area contributed by atoms with E-state index in [1.54, 1.807) is 13.8 Å². The molecule has 12 heavy (non-hydrogen) atoms. The van der Waals surface area contributed by atoms with E-state index < -0.39 is 11.7 Å². The lowest BCUT2D eigenvalue weighted by Crippen LogP contribution is -2.36. The molecule has 0 heterocycles. The molecule has 3 nitrogen and oxygen atoms in total. The van der Waals surface area contributed by atoms with Crippen LogP contribution in [0, 0.1) is 5.92 Å². The van der Waals surface area contributed by atoms with Gasteiger partial charge in [-0.25, -0.2) is 0 Å². The lowest BCUT2D eigenvalue weighted by Gasteiger charge is -2.25. The maximum absolute atomic E-state index is 9.40. The van der Waals surface area contributed by atoms with Crippen LogP contribution in [-0.4, -0.2) is 33.6 Å². The lowest BCUT2D eigenvalue weighted by molar-refractivity contribution is -0.0540. The van der Waals surface area contributed by atoms with Crippen molar-refractivity contribution >= 4 is 0 Å². The predicted molar refractivity (Wildman–Crippen MR) is 47.8 cm³/mol. The lowest BCUT2D eigenvalue weighted by atomic mass is 9.94. The summed E-state index contributed by atoms with van der Waals surface area (Å²) in [6.07, 6.45) is 0.568. The first kappa shape index (κ1) is 11.9. The number of hydrogen-bond acceptors (Lipinski definition) is 3. The van der Waals surface area contributed by atoms with Gasteiger partial charge in [0.1, 0.15) is 0 Å². The Morgan fingerprint density at radius 3 is 2.08 bits per heavy atom. The van der Waals surface area contributed by atoms with Crippen LogP contribution in [0.1, 0.15) is 33.6 Å². The number of rotatable bonds is 5. The van der Waals surface area contributed by atoms with E-state index in [2.05, 4.69) is 0 Å². The standard InChI is InChI=1S/C9H20O3/c1-7(6-10)4-5-8(11)9(2,3)12/h7-8,10-12H,4-6H2,1-3H3. The summed E-state index contributed by atoms with van der Waals surface area (Å²) in [7, 11) is 0. The van der Waals surface area contributed by atoms with Crippen molar-refractivity contribution in [1.29, 1.82) is 0 Å². The summed E-state index contributed by atoms with van der Waals surface area (Å²) in [5.41, 5.74) is -1.03. The highest BCUT2D eigenvalue weighted by molar-refractivity contribution is 4.76. The Kier molecular flexibility index (Phi) is 4.75.